The third-order valence-corrected chi connectivity index (χ3v) is 1.71. The average molecular weight is 197 g/mol. The van der Waals surface area contributed by atoms with E-state index in [1.54, 1.807) is 0 Å². The zero-order chi connectivity index (χ0) is 10.6. The highest BCUT2D eigenvalue weighted by molar-refractivity contribution is 5.95. The van der Waals surface area contributed by atoms with Gasteiger partial charge in [0.1, 0.15) is 5.56 Å². The summed E-state index contributed by atoms with van der Waals surface area (Å²) < 4.78 is 14.5. The molecule has 0 spiro atoms. The van der Waals surface area contributed by atoms with Gasteiger partial charge in [0.15, 0.2) is 11.5 Å². The van der Waals surface area contributed by atoms with Gasteiger partial charge in [0, 0.05) is 0 Å². The predicted molar refractivity (Wildman–Crippen MR) is 48.7 cm³/mol. The number of hydrogen-bond acceptors (Lipinski definition) is 5. The Morgan fingerprint density at radius 2 is 1.64 bits per heavy atom. The van der Waals surface area contributed by atoms with Gasteiger partial charge in [-0.2, -0.15) is 0 Å². The molecule has 5 nitrogen and oxygen atoms in total. The second-order valence-electron chi connectivity index (χ2n) is 2.41. The van der Waals surface area contributed by atoms with E-state index in [0.29, 0.717) is 11.5 Å². The first-order valence-electron chi connectivity index (χ1n) is 3.88. The molecule has 5 heteroatoms. The van der Waals surface area contributed by atoms with E-state index >= 15 is 0 Å². The summed E-state index contributed by atoms with van der Waals surface area (Å²) in [6, 6.07) is 0. The van der Waals surface area contributed by atoms with E-state index in [-0.39, 0.29) is 5.56 Å². The number of rotatable bonds is 3. The molecule has 1 aromatic heterocycles. The fourth-order valence-corrected chi connectivity index (χ4v) is 1.04. The van der Waals surface area contributed by atoms with Crippen LogP contribution in [0.2, 0.25) is 0 Å². The number of esters is 1. The van der Waals surface area contributed by atoms with Crippen LogP contribution in [0.5, 0.6) is 11.5 Å². The van der Waals surface area contributed by atoms with Gasteiger partial charge in [-0.1, -0.05) is 0 Å². The molecule has 0 atom stereocenters. The van der Waals surface area contributed by atoms with E-state index < -0.39 is 5.97 Å². The Labute approximate surface area is 81.6 Å². The summed E-state index contributed by atoms with van der Waals surface area (Å²) in [5.74, 6) is 0.147. The molecule has 0 aliphatic carbocycles. The van der Waals surface area contributed by atoms with Gasteiger partial charge < -0.3 is 14.2 Å². The lowest BCUT2D eigenvalue weighted by molar-refractivity contribution is 0.0593. The summed E-state index contributed by atoms with van der Waals surface area (Å²) in [7, 11) is 4.19. The number of hydrogen-bond donors (Lipinski definition) is 0. The predicted octanol–water partition coefficient (Wildman–Crippen LogP) is 0.885. The van der Waals surface area contributed by atoms with E-state index in [1.165, 1.54) is 33.7 Å². The molecular weight excluding hydrogens is 186 g/mol. The maximum Gasteiger partial charge on any atom is 0.345 e. The van der Waals surface area contributed by atoms with Crippen molar-refractivity contribution in [3.63, 3.8) is 0 Å². The van der Waals surface area contributed by atoms with Crippen LogP contribution < -0.4 is 9.47 Å². The molecule has 0 saturated carbocycles. The van der Waals surface area contributed by atoms with Crippen molar-refractivity contribution in [1.82, 2.24) is 4.98 Å². The van der Waals surface area contributed by atoms with Crippen molar-refractivity contribution in [2.45, 2.75) is 0 Å². The largest absolute Gasteiger partial charge is 0.494 e. The zero-order valence-corrected chi connectivity index (χ0v) is 8.23. The fourth-order valence-electron chi connectivity index (χ4n) is 1.04. The molecule has 0 aromatic carbocycles. The molecular formula is C9H11NO4. The highest BCUT2D eigenvalue weighted by Crippen LogP contribution is 2.27. The number of ether oxygens (including phenoxy) is 3. The van der Waals surface area contributed by atoms with Crippen LogP contribution in [0.25, 0.3) is 0 Å². The zero-order valence-electron chi connectivity index (χ0n) is 8.23. The van der Waals surface area contributed by atoms with Crippen molar-refractivity contribution in [2.24, 2.45) is 0 Å². The number of aromatic nitrogens is 1. The molecule has 0 N–H and O–H groups in total. The fraction of sp³-hybridized carbons (Fsp3) is 0.333. The Hall–Kier alpha value is -1.78. The minimum absolute atomic E-state index is 0.243. The Bertz CT molecular complexity index is 315. The molecule has 0 radical (unpaired) electrons. The van der Waals surface area contributed by atoms with Crippen molar-refractivity contribution in [2.75, 3.05) is 21.3 Å². The Morgan fingerprint density at radius 3 is 2.00 bits per heavy atom. The monoisotopic (exact) mass is 197 g/mol. The summed E-state index contributed by atoms with van der Waals surface area (Å²) in [6.07, 6.45) is 2.85. The number of nitrogens with zero attached hydrogens (tertiary/aromatic N) is 1. The van der Waals surface area contributed by atoms with Gasteiger partial charge in [-0.15, -0.1) is 0 Å². The summed E-state index contributed by atoms with van der Waals surface area (Å²) in [5, 5.41) is 0. The van der Waals surface area contributed by atoms with E-state index in [4.69, 9.17) is 9.47 Å². The maximum atomic E-state index is 11.4. The Kier molecular flexibility index (Phi) is 3.28. The molecule has 0 aliphatic heterocycles. The van der Waals surface area contributed by atoms with Crippen molar-refractivity contribution in [3.8, 4) is 11.5 Å². The SMILES string of the molecule is COC(=O)c1c(OC)cncc1OC. The highest BCUT2D eigenvalue weighted by atomic mass is 16.5. The first-order valence-corrected chi connectivity index (χ1v) is 3.88. The third-order valence-electron chi connectivity index (χ3n) is 1.71. The standard InChI is InChI=1S/C9H11NO4/c1-12-6-4-10-5-7(13-2)8(6)9(11)14-3/h4-5H,1-3H3. The molecule has 0 aliphatic rings. The van der Waals surface area contributed by atoms with Crippen LogP contribution in [0, 0.1) is 0 Å². The van der Waals surface area contributed by atoms with Crippen molar-refractivity contribution in [3.05, 3.63) is 18.0 Å². The summed E-state index contributed by atoms with van der Waals surface area (Å²) in [5.41, 5.74) is 0.243. The summed E-state index contributed by atoms with van der Waals surface area (Å²) in [4.78, 5) is 15.2. The number of carbonyl (C=O) groups is 1. The van der Waals surface area contributed by atoms with Gasteiger partial charge in [-0.25, -0.2) is 4.79 Å². The van der Waals surface area contributed by atoms with Gasteiger partial charge in [0.2, 0.25) is 0 Å². The normalized spacial score (nSPS) is 9.36. The summed E-state index contributed by atoms with van der Waals surface area (Å²) >= 11 is 0. The van der Waals surface area contributed by atoms with Gasteiger partial charge in [-0.05, 0) is 0 Å². The van der Waals surface area contributed by atoms with Crippen molar-refractivity contribution < 1.29 is 19.0 Å². The van der Waals surface area contributed by atoms with E-state index in [0.717, 1.165) is 0 Å². The number of pyridine rings is 1. The first-order chi connectivity index (χ1) is 6.74. The number of methoxy groups -OCH3 is 3. The Morgan fingerprint density at radius 1 is 1.14 bits per heavy atom. The second-order valence-corrected chi connectivity index (χ2v) is 2.41. The van der Waals surface area contributed by atoms with Crippen molar-refractivity contribution >= 4 is 5.97 Å². The summed E-state index contributed by atoms with van der Waals surface area (Å²) in [6.45, 7) is 0. The third kappa shape index (κ3) is 1.76. The minimum atomic E-state index is -0.513. The van der Waals surface area contributed by atoms with E-state index in [2.05, 4.69) is 9.72 Å². The molecule has 14 heavy (non-hydrogen) atoms. The molecule has 1 aromatic rings. The Balaban J connectivity index is 3.25. The molecule has 76 valence electrons. The minimum Gasteiger partial charge on any atom is -0.494 e. The lowest BCUT2D eigenvalue weighted by Crippen LogP contribution is -2.07. The van der Waals surface area contributed by atoms with Crippen molar-refractivity contribution in [1.29, 1.82) is 0 Å². The van der Waals surface area contributed by atoms with Crippen LogP contribution in [-0.2, 0) is 4.74 Å². The molecule has 1 rings (SSSR count). The molecule has 0 saturated heterocycles. The number of carbonyl (C=O) groups excluding carboxylic acids is 1. The van der Waals surface area contributed by atoms with Crippen LogP contribution >= 0.6 is 0 Å². The second kappa shape index (κ2) is 4.45. The van der Waals surface area contributed by atoms with Gasteiger partial charge >= 0.3 is 5.97 Å². The lowest BCUT2D eigenvalue weighted by atomic mass is 10.2. The van der Waals surface area contributed by atoms with Crippen LogP contribution in [-0.4, -0.2) is 32.3 Å². The molecule has 0 bridgehead atoms. The topological polar surface area (TPSA) is 57.7 Å². The van der Waals surface area contributed by atoms with Crippen LogP contribution in [0.1, 0.15) is 10.4 Å². The van der Waals surface area contributed by atoms with E-state index in [9.17, 15) is 4.79 Å². The maximum absolute atomic E-state index is 11.4. The lowest BCUT2D eigenvalue weighted by Gasteiger charge is -2.09. The molecule has 1 heterocycles. The molecule has 0 unspecified atom stereocenters. The van der Waals surface area contributed by atoms with Crippen LogP contribution in [0.15, 0.2) is 12.4 Å². The molecule has 0 fully saturated rings. The van der Waals surface area contributed by atoms with Gasteiger partial charge in [0.05, 0.1) is 33.7 Å². The van der Waals surface area contributed by atoms with Gasteiger partial charge in [0.25, 0.3) is 0 Å². The van der Waals surface area contributed by atoms with E-state index in [1.807, 2.05) is 0 Å². The van der Waals surface area contributed by atoms with Crippen LogP contribution in [0.3, 0.4) is 0 Å². The quantitative estimate of drug-likeness (QED) is 0.673. The van der Waals surface area contributed by atoms with Crippen LogP contribution in [0.4, 0.5) is 0 Å². The molecule has 0 amide bonds. The van der Waals surface area contributed by atoms with Gasteiger partial charge in [-0.3, -0.25) is 4.98 Å². The smallest absolute Gasteiger partial charge is 0.345 e. The first kappa shape index (κ1) is 10.3. The highest BCUT2D eigenvalue weighted by Gasteiger charge is 2.18. The average Bonchev–Trinajstić information content (AvgIpc) is 2.26.